The van der Waals surface area contributed by atoms with Crippen molar-refractivity contribution < 1.29 is 36.7 Å². The Labute approximate surface area is 244 Å². The highest BCUT2D eigenvalue weighted by atomic mass is 32.2. The number of rotatable bonds is 5. The molecule has 13 heteroatoms. The van der Waals surface area contributed by atoms with Crippen molar-refractivity contribution in [3.63, 3.8) is 0 Å². The normalized spacial score (nSPS) is 30.7. The van der Waals surface area contributed by atoms with E-state index in [0.717, 1.165) is 18.4 Å². The number of ether oxygens (including phenoxy) is 1. The molecule has 0 unspecified atom stereocenters. The third-order valence-corrected chi connectivity index (χ3v) is 10.4. The summed E-state index contributed by atoms with van der Waals surface area (Å²) in [6.07, 6.45) is 5.57. The molecule has 11 nitrogen and oxygen atoms in total. The molecule has 0 radical (unpaired) electrons. The van der Waals surface area contributed by atoms with Gasteiger partial charge in [0.2, 0.25) is 21.8 Å². The van der Waals surface area contributed by atoms with Gasteiger partial charge in [-0.15, -0.1) is 0 Å². The highest BCUT2D eigenvalue weighted by molar-refractivity contribution is 7.91. The van der Waals surface area contributed by atoms with Crippen molar-refractivity contribution in [2.24, 2.45) is 17.8 Å². The van der Waals surface area contributed by atoms with Crippen LogP contribution in [0.3, 0.4) is 0 Å². The molecule has 1 heterocycles. The summed E-state index contributed by atoms with van der Waals surface area (Å²) in [5.74, 6) is -4.41. The average molecular weight is 605 g/mol. The number of nitrogens with zero attached hydrogens (tertiary/aromatic N) is 1. The summed E-state index contributed by atoms with van der Waals surface area (Å²) < 4.78 is 46.9. The number of carbonyl (C=O) groups is 4. The lowest BCUT2D eigenvalue weighted by atomic mass is 9.93. The van der Waals surface area contributed by atoms with E-state index in [1.807, 2.05) is 12.2 Å². The number of allylic oxidation sites excluding steroid dienone is 1. The summed E-state index contributed by atoms with van der Waals surface area (Å²) >= 11 is 0. The molecule has 0 bridgehead atoms. The molecule has 1 aliphatic heterocycles. The summed E-state index contributed by atoms with van der Waals surface area (Å²) in [7, 11) is -2.18. The second-order valence-corrected chi connectivity index (χ2v) is 13.9. The molecular formula is C29H37FN4O7S. The largest absolute Gasteiger partial charge is 0.446 e. The van der Waals surface area contributed by atoms with E-state index in [1.165, 1.54) is 12.1 Å². The lowest BCUT2D eigenvalue weighted by Crippen LogP contribution is -2.54. The lowest BCUT2D eigenvalue weighted by Gasteiger charge is -2.26. The molecule has 0 saturated heterocycles. The maximum Gasteiger partial charge on any atom is 0.411 e. The number of hydrogen-bond donors (Lipinski definition) is 3. The van der Waals surface area contributed by atoms with Crippen LogP contribution in [0, 0.1) is 30.5 Å². The van der Waals surface area contributed by atoms with Gasteiger partial charge in [-0.25, -0.2) is 17.6 Å². The molecule has 0 spiro atoms. The fraction of sp³-hybridized carbons (Fsp3) is 0.586. The van der Waals surface area contributed by atoms with E-state index < -0.39 is 62.5 Å². The summed E-state index contributed by atoms with van der Waals surface area (Å²) in [6, 6.07) is 4.25. The van der Waals surface area contributed by atoms with Gasteiger partial charge in [0.1, 0.15) is 17.5 Å². The van der Waals surface area contributed by atoms with E-state index in [0.29, 0.717) is 25.8 Å². The molecule has 3 fully saturated rings. The van der Waals surface area contributed by atoms with Gasteiger partial charge < -0.3 is 15.0 Å². The monoisotopic (exact) mass is 604 g/mol. The first-order chi connectivity index (χ1) is 19.9. The van der Waals surface area contributed by atoms with Crippen molar-refractivity contribution >= 4 is 39.5 Å². The summed E-state index contributed by atoms with van der Waals surface area (Å²) in [6.45, 7) is 2.24. The Kier molecular flexibility index (Phi) is 8.32. The first-order valence-electron chi connectivity index (χ1n) is 14.4. The maximum atomic E-state index is 14.2. The van der Waals surface area contributed by atoms with Gasteiger partial charge in [0.25, 0.3) is 5.91 Å². The molecule has 42 heavy (non-hydrogen) atoms. The van der Waals surface area contributed by atoms with Crippen LogP contribution in [0.5, 0.6) is 0 Å². The zero-order valence-corrected chi connectivity index (χ0v) is 24.5. The smallest absolute Gasteiger partial charge is 0.411 e. The van der Waals surface area contributed by atoms with Crippen LogP contribution in [0.4, 0.5) is 14.9 Å². The number of sulfonamides is 1. The van der Waals surface area contributed by atoms with E-state index in [4.69, 9.17) is 4.74 Å². The molecule has 3 N–H and O–H groups in total. The SMILES string of the molecule is Cc1ccc(F)c(NC(=O)O[C@@H]2C[C@H]3C(=O)N[C@]4(C(=O)NS(=O)(=O)C5CC5)C[C@H]4/C=C\CCCCN(C)C(=O)[C@@H]3C2)c1. The molecule has 1 aromatic rings. The van der Waals surface area contributed by atoms with Crippen LogP contribution in [0.1, 0.15) is 56.9 Å². The minimum Gasteiger partial charge on any atom is -0.446 e. The highest BCUT2D eigenvalue weighted by Gasteiger charge is 2.62. The number of aryl methyl sites for hydroxylation is 1. The standard InChI is InChI=1S/C29H37FN4O7S/c1-17-8-11-23(30)24(13-17)31-28(38)41-19-14-21-22(15-19)26(36)34(2)12-6-4-3-5-7-18-16-29(18,32-25(21)35)27(37)33-42(39,40)20-9-10-20/h5,7-8,11,13,18-22H,3-4,6,9-10,12,14-16H2,1-2H3,(H,31,38)(H,32,35)(H,33,37)/b7-5-/t18-,19-,21-,22-,29-/m1/s1. The maximum absolute atomic E-state index is 14.2. The van der Waals surface area contributed by atoms with Crippen LogP contribution in [-0.2, 0) is 29.1 Å². The van der Waals surface area contributed by atoms with E-state index >= 15 is 0 Å². The Morgan fingerprint density at radius 1 is 1.14 bits per heavy atom. The Morgan fingerprint density at radius 2 is 1.88 bits per heavy atom. The molecule has 0 aromatic heterocycles. The Hall–Kier alpha value is -3.48. The van der Waals surface area contributed by atoms with E-state index in [-0.39, 0.29) is 36.8 Å². The predicted molar refractivity (Wildman–Crippen MR) is 151 cm³/mol. The molecular weight excluding hydrogens is 567 g/mol. The van der Waals surface area contributed by atoms with Crippen LogP contribution < -0.4 is 15.4 Å². The first-order valence-corrected chi connectivity index (χ1v) is 16.0. The molecule has 228 valence electrons. The zero-order valence-electron chi connectivity index (χ0n) is 23.7. The molecule has 3 aliphatic carbocycles. The summed E-state index contributed by atoms with van der Waals surface area (Å²) in [4.78, 5) is 54.8. The predicted octanol–water partition coefficient (Wildman–Crippen LogP) is 2.76. The number of hydrogen-bond acceptors (Lipinski definition) is 7. The zero-order chi connectivity index (χ0) is 30.2. The van der Waals surface area contributed by atoms with Gasteiger partial charge in [0.15, 0.2) is 0 Å². The van der Waals surface area contributed by atoms with Gasteiger partial charge >= 0.3 is 6.09 Å². The van der Waals surface area contributed by atoms with Crippen molar-refractivity contribution in [2.75, 3.05) is 18.9 Å². The first kappa shape index (κ1) is 30.0. The number of amides is 4. The van der Waals surface area contributed by atoms with Crippen molar-refractivity contribution in [2.45, 2.75) is 75.2 Å². The minimum atomic E-state index is -3.84. The van der Waals surface area contributed by atoms with Gasteiger partial charge in [-0.1, -0.05) is 18.2 Å². The topological polar surface area (TPSA) is 151 Å². The van der Waals surface area contributed by atoms with Crippen LogP contribution in [-0.4, -0.2) is 67.6 Å². The fourth-order valence-electron chi connectivity index (χ4n) is 5.92. The number of nitrogens with one attached hydrogen (secondary N) is 3. The van der Waals surface area contributed by atoms with Crippen LogP contribution in [0.2, 0.25) is 0 Å². The molecule has 5 rings (SSSR count). The van der Waals surface area contributed by atoms with Crippen LogP contribution in [0.15, 0.2) is 30.4 Å². The van der Waals surface area contributed by atoms with E-state index in [1.54, 1.807) is 24.9 Å². The molecule has 4 amide bonds. The molecule has 5 atom stereocenters. The number of carbonyl (C=O) groups excluding carboxylic acids is 4. The van der Waals surface area contributed by atoms with E-state index in [9.17, 15) is 32.0 Å². The number of anilines is 1. The Bertz CT molecular complexity index is 1410. The van der Waals surface area contributed by atoms with Crippen molar-refractivity contribution in [1.29, 1.82) is 0 Å². The number of benzene rings is 1. The quantitative estimate of drug-likeness (QED) is 0.437. The van der Waals surface area contributed by atoms with E-state index in [2.05, 4.69) is 15.4 Å². The van der Waals surface area contributed by atoms with Gasteiger partial charge in [0.05, 0.1) is 22.8 Å². The van der Waals surface area contributed by atoms with Gasteiger partial charge in [-0.2, -0.15) is 0 Å². The number of fused-ring (bicyclic) bond motifs is 2. The third-order valence-electron chi connectivity index (χ3n) is 8.63. The van der Waals surface area contributed by atoms with Crippen LogP contribution in [0.25, 0.3) is 0 Å². The Morgan fingerprint density at radius 3 is 2.62 bits per heavy atom. The molecule has 3 saturated carbocycles. The van der Waals surface area contributed by atoms with Crippen molar-refractivity contribution in [1.82, 2.24) is 14.9 Å². The highest BCUT2D eigenvalue weighted by Crippen LogP contribution is 2.47. The third kappa shape index (κ3) is 6.45. The second-order valence-electron chi connectivity index (χ2n) is 12.0. The second kappa shape index (κ2) is 11.7. The van der Waals surface area contributed by atoms with Gasteiger partial charge in [-0.05, 0) is 76.0 Å². The minimum absolute atomic E-state index is 0.0123. The fourth-order valence-corrected chi connectivity index (χ4v) is 7.28. The summed E-state index contributed by atoms with van der Waals surface area (Å²) in [5.41, 5.74) is -0.761. The average Bonchev–Trinajstić information content (AvgIpc) is 3.85. The van der Waals surface area contributed by atoms with Crippen molar-refractivity contribution in [3.8, 4) is 0 Å². The Balaban J connectivity index is 1.35. The summed E-state index contributed by atoms with van der Waals surface area (Å²) in [5, 5.41) is 4.57. The molecule has 4 aliphatic rings. The van der Waals surface area contributed by atoms with Gasteiger partial charge in [-0.3, -0.25) is 24.4 Å². The van der Waals surface area contributed by atoms with Gasteiger partial charge in [0, 0.05) is 19.5 Å². The number of halogens is 1. The van der Waals surface area contributed by atoms with Crippen LogP contribution >= 0.6 is 0 Å². The van der Waals surface area contributed by atoms with Crippen molar-refractivity contribution in [3.05, 3.63) is 41.7 Å². The lowest BCUT2D eigenvalue weighted by molar-refractivity contribution is -0.140. The molecule has 1 aromatic carbocycles.